The summed E-state index contributed by atoms with van der Waals surface area (Å²) >= 11 is 0. The molecule has 0 saturated heterocycles. The molecule has 0 atom stereocenters. The highest BCUT2D eigenvalue weighted by molar-refractivity contribution is 5.83. The van der Waals surface area contributed by atoms with Gasteiger partial charge in [-0.25, -0.2) is 4.79 Å². The highest BCUT2D eigenvalue weighted by Crippen LogP contribution is 2.26. The Morgan fingerprint density at radius 3 is 2.54 bits per heavy atom. The van der Waals surface area contributed by atoms with Crippen molar-refractivity contribution in [3.63, 3.8) is 0 Å². The van der Waals surface area contributed by atoms with Crippen molar-refractivity contribution in [3.8, 4) is 11.1 Å². The molecule has 1 aromatic carbocycles. The minimum absolute atomic E-state index is 0.199. The first-order chi connectivity index (χ1) is 12.7. The van der Waals surface area contributed by atoms with E-state index in [4.69, 9.17) is 0 Å². The van der Waals surface area contributed by atoms with Gasteiger partial charge in [0.2, 0.25) is 0 Å². The second kappa shape index (κ2) is 7.28. The Labute approximate surface area is 151 Å². The van der Waals surface area contributed by atoms with Gasteiger partial charge >= 0.3 is 5.69 Å². The van der Waals surface area contributed by atoms with Gasteiger partial charge in [-0.05, 0) is 47.7 Å². The maximum Gasteiger partial charge on any atom is 0.328 e. The summed E-state index contributed by atoms with van der Waals surface area (Å²) < 4.78 is 1.37. The highest BCUT2D eigenvalue weighted by atomic mass is 16.2. The lowest BCUT2D eigenvalue weighted by molar-refractivity contribution is 0.321. The average Bonchev–Trinajstić information content (AvgIpc) is 2.69. The van der Waals surface area contributed by atoms with Gasteiger partial charge in [-0.15, -0.1) is 0 Å². The molecule has 0 radical (unpaired) electrons. The molecule has 1 aliphatic rings. The fourth-order valence-corrected chi connectivity index (χ4v) is 3.97. The monoisotopic (exact) mass is 349 g/mol. The number of benzene rings is 1. The normalized spacial score (nSPS) is 15.4. The SMILES string of the molecule is O=c1[nH]c2ccc(-c3ccncc3)cc2c(=O)n1CCC1CCCCC1. The number of pyridine rings is 1. The summed E-state index contributed by atoms with van der Waals surface area (Å²) in [5, 5.41) is 0.558. The van der Waals surface area contributed by atoms with E-state index < -0.39 is 0 Å². The van der Waals surface area contributed by atoms with Gasteiger partial charge in [0, 0.05) is 18.9 Å². The summed E-state index contributed by atoms with van der Waals surface area (Å²) in [5.74, 6) is 0.633. The molecule has 5 nitrogen and oxygen atoms in total. The molecule has 0 spiro atoms. The third-order valence-electron chi connectivity index (χ3n) is 5.48. The quantitative estimate of drug-likeness (QED) is 0.780. The molecule has 1 aliphatic carbocycles. The van der Waals surface area contributed by atoms with Crippen LogP contribution in [-0.2, 0) is 6.54 Å². The van der Waals surface area contributed by atoms with Crippen molar-refractivity contribution >= 4 is 10.9 Å². The van der Waals surface area contributed by atoms with Gasteiger partial charge in [-0.1, -0.05) is 38.2 Å². The van der Waals surface area contributed by atoms with Crippen molar-refractivity contribution in [1.29, 1.82) is 0 Å². The second-order valence-electron chi connectivity index (χ2n) is 7.18. The fourth-order valence-electron chi connectivity index (χ4n) is 3.97. The smallest absolute Gasteiger partial charge is 0.307 e. The molecule has 0 bridgehead atoms. The molecule has 4 rings (SSSR count). The van der Waals surface area contributed by atoms with E-state index in [-0.39, 0.29) is 11.2 Å². The second-order valence-corrected chi connectivity index (χ2v) is 7.18. The molecule has 5 heteroatoms. The maximum absolute atomic E-state index is 12.9. The molecular weight excluding hydrogens is 326 g/mol. The van der Waals surface area contributed by atoms with Crippen LogP contribution in [-0.4, -0.2) is 14.5 Å². The van der Waals surface area contributed by atoms with E-state index in [1.54, 1.807) is 18.5 Å². The van der Waals surface area contributed by atoms with Crippen LogP contribution in [0.4, 0.5) is 0 Å². The van der Waals surface area contributed by atoms with Crippen molar-refractivity contribution in [2.75, 3.05) is 0 Å². The first kappa shape index (κ1) is 16.8. The van der Waals surface area contributed by atoms with Crippen LogP contribution < -0.4 is 11.2 Å². The van der Waals surface area contributed by atoms with Crippen LogP contribution in [0.25, 0.3) is 22.0 Å². The van der Waals surface area contributed by atoms with Crippen molar-refractivity contribution < 1.29 is 0 Å². The molecule has 0 aliphatic heterocycles. The van der Waals surface area contributed by atoms with Crippen LogP contribution >= 0.6 is 0 Å². The minimum Gasteiger partial charge on any atom is -0.307 e. The van der Waals surface area contributed by atoms with Crippen LogP contribution in [0, 0.1) is 5.92 Å². The van der Waals surface area contributed by atoms with Crippen molar-refractivity contribution in [3.05, 3.63) is 63.6 Å². The van der Waals surface area contributed by atoms with Gasteiger partial charge in [0.1, 0.15) is 0 Å². The molecule has 0 unspecified atom stereocenters. The largest absolute Gasteiger partial charge is 0.328 e. The van der Waals surface area contributed by atoms with E-state index in [2.05, 4.69) is 9.97 Å². The molecule has 2 heterocycles. The van der Waals surface area contributed by atoms with Crippen molar-refractivity contribution in [2.24, 2.45) is 5.92 Å². The summed E-state index contributed by atoms with van der Waals surface area (Å²) in [4.78, 5) is 32.2. The zero-order chi connectivity index (χ0) is 17.9. The van der Waals surface area contributed by atoms with Crippen molar-refractivity contribution in [1.82, 2.24) is 14.5 Å². The molecule has 1 fully saturated rings. The summed E-state index contributed by atoms with van der Waals surface area (Å²) in [6, 6.07) is 9.40. The van der Waals surface area contributed by atoms with Gasteiger partial charge in [-0.3, -0.25) is 14.3 Å². The number of H-pyrrole nitrogens is 1. The molecule has 26 heavy (non-hydrogen) atoms. The van der Waals surface area contributed by atoms with E-state index in [9.17, 15) is 9.59 Å². The van der Waals surface area contributed by atoms with Crippen LogP contribution in [0.1, 0.15) is 38.5 Å². The summed E-state index contributed by atoms with van der Waals surface area (Å²) in [7, 11) is 0. The van der Waals surface area contributed by atoms with E-state index in [0.29, 0.717) is 23.4 Å². The first-order valence-electron chi connectivity index (χ1n) is 9.39. The molecule has 2 aromatic heterocycles. The summed E-state index contributed by atoms with van der Waals surface area (Å²) in [6.07, 6.45) is 10.6. The van der Waals surface area contributed by atoms with E-state index in [0.717, 1.165) is 17.5 Å². The number of fused-ring (bicyclic) bond motifs is 1. The first-order valence-corrected chi connectivity index (χ1v) is 9.39. The number of hydrogen-bond acceptors (Lipinski definition) is 3. The fraction of sp³-hybridized carbons (Fsp3) is 0.381. The number of aromatic amines is 1. The Bertz CT molecular complexity index is 1010. The Morgan fingerprint density at radius 1 is 1.00 bits per heavy atom. The molecule has 134 valence electrons. The van der Waals surface area contributed by atoms with Crippen molar-refractivity contribution in [2.45, 2.75) is 45.1 Å². The third-order valence-corrected chi connectivity index (χ3v) is 5.48. The van der Waals surface area contributed by atoms with Gasteiger partial charge in [0.25, 0.3) is 5.56 Å². The van der Waals surface area contributed by atoms with Gasteiger partial charge in [0.15, 0.2) is 0 Å². The van der Waals surface area contributed by atoms with E-state index in [1.807, 2.05) is 24.3 Å². The van der Waals surface area contributed by atoms with E-state index >= 15 is 0 Å². The lowest BCUT2D eigenvalue weighted by Crippen LogP contribution is -2.35. The van der Waals surface area contributed by atoms with Gasteiger partial charge < -0.3 is 4.98 Å². The summed E-state index contributed by atoms with van der Waals surface area (Å²) in [6.45, 7) is 0.494. The molecule has 3 aromatic rings. The minimum atomic E-state index is -0.310. The lowest BCUT2D eigenvalue weighted by Gasteiger charge is -2.21. The topological polar surface area (TPSA) is 67.8 Å². The van der Waals surface area contributed by atoms with Crippen LogP contribution in [0.2, 0.25) is 0 Å². The molecular formula is C21H23N3O2. The van der Waals surface area contributed by atoms with Crippen LogP contribution in [0.15, 0.2) is 52.3 Å². The van der Waals surface area contributed by atoms with Crippen LogP contribution in [0.5, 0.6) is 0 Å². The molecule has 1 N–H and O–H groups in total. The molecule has 1 saturated carbocycles. The number of nitrogens with one attached hydrogen (secondary N) is 1. The van der Waals surface area contributed by atoms with Gasteiger partial charge in [0.05, 0.1) is 10.9 Å². The number of rotatable bonds is 4. The Balaban J connectivity index is 1.69. The predicted octanol–water partition coefficient (Wildman–Crippen LogP) is 3.72. The molecule has 0 amide bonds. The van der Waals surface area contributed by atoms with Crippen LogP contribution in [0.3, 0.4) is 0 Å². The van der Waals surface area contributed by atoms with E-state index in [1.165, 1.54) is 36.7 Å². The highest BCUT2D eigenvalue weighted by Gasteiger charge is 2.15. The van der Waals surface area contributed by atoms with Gasteiger partial charge in [-0.2, -0.15) is 0 Å². The Hall–Kier alpha value is -2.69. The summed E-state index contributed by atoms with van der Waals surface area (Å²) in [5.41, 5.74) is 2.03. The zero-order valence-electron chi connectivity index (χ0n) is 14.8. The maximum atomic E-state index is 12.9. The lowest BCUT2D eigenvalue weighted by atomic mass is 9.87. The Kier molecular flexibility index (Phi) is 4.69. The zero-order valence-corrected chi connectivity index (χ0v) is 14.8. The number of hydrogen-bond donors (Lipinski definition) is 1. The number of nitrogens with zero attached hydrogens (tertiary/aromatic N) is 2. The predicted molar refractivity (Wildman–Crippen MR) is 103 cm³/mol. The average molecular weight is 349 g/mol. The Morgan fingerprint density at radius 2 is 1.77 bits per heavy atom. The third kappa shape index (κ3) is 3.34. The number of aromatic nitrogens is 3. The standard InChI is InChI=1S/C21H23N3O2/c25-20-18-14-17(16-8-11-22-12-9-16)6-7-19(18)23-21(26)24(20)13-10-15-4-2-1-3-5-15/h6-9,11-12,14-15H,1-5,10,13H2,(H,23,26).